The zero-order valence-electron chi connectivity index (χ0n) is 9.95. The molecule has 0 fully saturated rings. The van der Waals surface area contributed by atoms with Crippen molar-refractivity contribution in [3.8, 4) is 0 Å². The second-order valence-corrected chi connectivity index (χ2v) is 4.63. The highest BCUT2D eigenvalue weighted by atomic mass is 32.2. The number of para-hydroxylation sites is 1. The van der Waals surface area contributed by atoms with E-state index in [1.165, 1.54) is 18.0 Å². The van der Waals surface area contributed by atoms with Crippen LogP contribution >= 0.6 is 11.9 Å². The molecule has 0 atom stereocenters. The van der Waals surface area contributed by atoms with E-state index in [9.17, 15) is 10.1 Å². The van der Waals surface area contributed by atoms with Gasteiger partial charge in [0.25, 0.3) is 5.69 Å². The van der Waals surface area contributed by atoms with Gasteiger partial charge in [-0.15, -0.1) is 0 Å². The number of nitrogens with zero attached hydrogens (tertiary/aromatic N) is 1. The van der Waals surface area contributed by atoms with Gasteiger partial charge in [0, 0.05) is 11.8 Å². The van der Waals surface area contributed by atoms with E-state index in [1.807, 2.05) is 12.1 Å². The van der Waals surface area contributed by atoms with E-state index < -0.39 is 4.92 Å². The van der Waals surface area contributed by atoms with Crippen molar-refractivity contribution < 1.29 is 10.0 Å². The lowest BCUT2D eigenvalue weighted by atomic mass is 10.2. The van der Waals surface area contributed by atoms with Crippen molar-refractivity contribution in [3.05, 3.63) is 64.2 Å². The molecule has 2 N–H and O–H groups in total. The summed E-state index contributed by atoms with van der Waals surface area (Å²) in [5.41, 5.74) is 1.72. The van der Waals surface area contributed by atoms with Gasteiger partial charge < -0.3 is 9.83 Å². The first-order chi connectivity index (χ1) is 9.20. The first kappa shape index (κ1) is 13.4. The predicted molar refractivity (Wildman–Crippen MR) is 74.9 cm³/mol. The van der Waals surface area contributed by atoms with E-state index in [0.29, 0.717) is 4.90 Å². The van der Waals surface area contributed by atoms with Crippen LogP contribution in [0.1, 0.15) is 5.56 Å². The molecule has 6 heteroatoms. The summed E-state index contributed by atoms with van der Waals surface area (Å²) in [6, 6.07) is 13.8. The molecule has 2 aromatic carbocycles. The Balaban J connectivity index is 2.07. The molecule has 2 rings (SSSR count). The summed E-state index contributed by atoms with van der Waals surface area (Å²) in [6.45, 7) is -0.00240. The Morgan fingerprint density at radius 2 is 1.84 bits per heavy atom. The maximum atomic E-state index is 10.9. The smallest absolute Gasteiger partial charge is 0.284 e. The van der Waals surface area contributed by atoms with Gasteiger partial charge in [-0.05, 0) is 35.7 Å². The highest BCUT2D eigenvalue weighted by Gasteiger charge is 2.12. The van der Waals surface area contributed by atoms with Crippen LogP contribution in [0, 0.1) is 10.1 Å². The fourth-order valence-electron chi connectivity index (χ4n) is 1.49. The molecule has 0 aliphatic heterocycles. The van der Waals surface area contributed by atoms with Gasteiger partial charge >= 0.3 is 0 Å². The van der Waals surface area contributed by atoms with E-state index in [2.05, 4.69) is 4.72 Å². The Hall–Kier alpha value is -2.05. The van der Waals surface area contributed by atoms with Gasteiger partial charge in [-0.2, -0.15) is 0 Å². The maximum absolute atomic E-state index is 10.9. The summed E-state index contributed by atoms with van der Waals surface area (Å²) >= 11 is 1.19. The van der Waals surface area contributed by atoms with Crippen LogP contribution in [-0.4, -0.2) is 10.0 Å². The molecule has 0 spiro atoms. The fourth-order valence-corrected chi connectivity index (χ4v) is 2.24. The van der Waals surface area contributed by atoms with Gasteiger partial charge in [0.05, 0.1) is 11.5 Å². The van der Waals surface area contributed by atoms with Crippen LogP contribution in [0.3, 0.4) is 0 Å². The molecule has 0 aromatic heterocycles. The topological polar surface area (TPSA) is 75.4 Å². The number of aliphatic hydroxyl groups excluding tert-OH is 1. The summed E-state index contributed by atoms with van der Waals surface area (Å²) in [4.78, 5) is 11.0. The number of hydrogen-bond donors (Lipinski definition) is 2. The summed E-state index contributed by atoms with van der Waals surface area (Å²) < 4.78 is 3.04. The average molecular weight is 276 g/mol. The van der Waals surface area contributed by atoms with Crippen molar-refractivity contribution in [2.24, 2.45) is 0 Å². The number of rotatable bonds is 5. The molecule has 0 radical (unpaired) electrons. The highest BCUT2D eigenvalue weighted by molar-refractivity contribution is 8.00. The molecular formula is C13H12N2O3S. The van der Waals surface area contributed by atoms with Gasteiger partial charge in [-0.3, -0.25) is 10.1 Å². The molecule has 0 amide bonds. The lowest BCUT2D eigenvalue weighted by Crippen LogP contribution is -1.93. The molecule has 98 valence electrons. The molecule has 0 aliphatic carbocycles. The third-order valence-corrected chi connectivity index (χ3v) is 3.38. The number of benzene rings is 2. The fraction of sp³-hybridized carbons (Fsp3) is 0.0769. The van der Waals surface area contributed by atoms with Gasteiger partial charge in [0.2, 0.25) is 0 Å². The Bertz CT molecular complexity index is 572. The minimum absolute atomic E-state index is 0.00240. The Labute approximate surface area is 114 Å². The van der Waals surface area contributed by atoms with E-state index in [4.69, 9.17) is 5.11 Å². The third-order valence-electron chi connectivity index (χ3n) is 2.48. The molecule has 0 saturated carbocycles. The number of nitro benzene ring substituents is 1. The average Bonchev–Trinajstić information content (AvgIpc) is 2.46. The normalized spacial score (nSPS) is 10.2. The zero-order chi connectivity index (χ0) is 13.7. The third kappa shape index (κ3) is 3.46. The summed E-state index contributed by atoms with van der Waals surface area (Å²) in [7, 11) is 0. The summed E-state index contributed by atoms with van der Waals surface area (Å²) in [5.74, 6) is 0. The van der Waals surface area contributed by atoms with Gasteiger partial charge in [-0.25, -0.2) is 0 Å². The zero-order valence-corrected chi connectivity index (χ0v) is 10.8. The molecule has 2 aromatic rings. The molecule has 0 bridgehead atoms. The van der Waals surface area contributed by atoms with Crippen LogP contribution in [0.4, 0.5) is 11.4 Å². The maximum Gasteiger partial charge on any atom is 0.284 e. The van der Waals surface area contributed by atoms with Crippen LogP contribution in [0.15, 0.2) is 53.4 Å². The van der Waals surface area contributed by atoms with Crippen LogP contribution < -0.4 is 4.72 Å². The van der Waals surface area contributed by atoms with E-state index >= 15 is 0 Å². The number of aliphatic hydroxyl groups is 1. The van der Waals surface area contributed by atoms with Gasteiger partial charge in [0.1, 0.15) is 4.90 Å². The lowest BCUT2D eigenvalue weighted by molar-refractivity contribution is -0.387. The Morgan fingerprint density at radius 1 is 1.16 bits per heavy atom. The van der Waals surface area contributed by atoms with Crippen molar-refractivity contribution in [2.75, 3.05) is 4.72 Å². The van der Waals surface area contributed by atoms with Crippen molar-refractivity contribution in [3.63, 3.8) is 0 Å². The van der Waals surface area contributed by atoms with E-state index in [0.717, 1.165) is 11.3 Å². The molecule has 0 saturated heterocycles. The number of anilines is 1. The van der Waals surface area contributed by atoms with E-state index in [1.54, 1.807) is 30.3 Å². The molecule has 0 aliphatic rings. The van der Waals surface area contributed by atoms with Crippen molar-refractivity contribution in [2.45, 2.75) is 11.5 Å². The Kier molecular flexibility index (Phi) is 4.38. The summed E-state index contributed by atoms with van der Waals surface area (Å²) in [6.07, 6.45) is 0. The summed E-state index contributed by atoms with van der Waals surface area (Å²) in [5, 5.41) is 19.8. The van der Waals surface area contributed by atoms with Crippen LogP contribution in [-0.2, 0) is 6.61 Å². The molecule has 0 unspecified atom stereocenters. The molecular weight excluding hydrogens is 264 g/mol. The van der Waals surface area contributed by atoms with Gasteiger partial charge in [0.15, 0.2) is 0 Å². The molecule has 19 heavy (non-hydrogen) atoms. The quantitative estimate of drug-likeness (QED) is 0.498. The largest absolute Gasteiger partial charge is 0.392 e. The minimum Gasteiger partial charge on any atom is -0.392 e. The van der Waals surface area contributed by atoms with Crippen LogP contribution in [0.5, 0.6) is 0 Å². The van der Waals surface area contributed by atoms with Crippen molar-refractivity contribution in [1.29, 1.82) is 0 Å². The molecule has 0 heterocycles. The molecule has 5 nitrogen and oxygen atoms in total. The SMILES string of the molecule is O=[N+]([O-])c1ccccc1SNc1ccc(CO)cc1. The van der Waals surface area contributed by atoms with Crippen LogP contribution in [0.2, 0.25) is 0 Å². The standard InChI is InChI=1S/C13H12N2O3S/c16-9-10-5-7-11(8-6-10)14-19-13-4-2-1-3-12(13)15(17)18/h1-8,14,16H,9H2. The second kappa shape index (κ2) is 6.21. The predicted octanol–water partition coefficient (Wildman–Crippen LogP) is 3.21. The van der Waals surface area contributed by atoms with Crippen molar-refractivity contribution in [1.82, 2.24) is 0 Å². The van der Waals surface area contributed by atoms with E-state index in [-0.39, 0.29) is 12.3 Å². The first-order valence-electron chi connectivity index (χ1n) is 5.57. The number of hydrogen-bond acceptors (Lipinski definition) is 5. The minimum atomic E-state index is -0.404. The van der Waals surface area contributed by atoms with Gasteiger partial charge in [-0.1, -0.05) is 24.3 Å². The second-order valence-electron chi connectivity index (χ2n) is 3.78. The van der Waals surface area contributed by atoms with Crippen molar-refractivity contribution >= 4 is 23.3 Å². The van der Waals surface area contributed by atoms with Crippen LogP contribution in [0.25, 0.3) is 0 Å². The highest BCUT2D eigenvalue weighted by Crippen LogP contribution is 2.29. The Morgan fingerprint density at radius 3 is 2.47 bits per heavy atom. The number of nitro groups is 1. The lowest BCUT2D eigenvalue weighted by Gasteiger charge is -2.06. The number of nitrogens with one attached hydrogen (secondary N) is 1. The first-order valence-corrected chi connectivity index (χ1v) is 6.38. The monoisotopic (exact) mass is 276 g/mol.